The highest BCUT2D eigenvalue weighted by molar-refractivity contribution is 5.88. The van der Waals surface area contributed by atoms with Crippen LogP contribution in [0.25, 0.3) is 0 Å². The SMILES string of the molecule is CC(=CC(C)O)C(=O)OC12CC3CC(CC(C3)C1)C2. The third kappa shape index (κ3) is 2.58. The predicted molar refractivity (Wildman–Crippen MR) is 72.4 cm³/mol. The molecule has 0 aromatic carbocycles. The van der Waals surface area contributed by atoms with Gasteiger partial charge in [0.2, 0.25) is 0 Å². The van der Waals surface area contributed by atoms with Crippen LogP contribution in [0.3, 0.4) is 0 Å². The van der Waals surface area contributed by atoms with Gasteiger partial charge in [0.15, 0.2) is 0 Å². The molecule has 1 N–H and O–H groups in total. The molecule has 4 rings (SSSR count). The third-order valence-electron chi connectivity index (χ3n) is 5.10. The maximum absolute atomic E-state index is 12.2. The van der Waals surface area contributed by atoms with Crippen molar-refractivity contribution in [2.24, 2.45) is 17.8 Å². The minimum Gasteiger partial charge on any atom is -0.456 e. The van der Waals surface area contributed by atoms with E-state index in [1.807, 2.05) is 0 Å². The van der Waals surface area contributed by atoms with Crippen LogP contribution in [0.15, 0.2) is 11.6 Å². The zero-order valence-electron chi connectivity index (χ0n) is 11.9. The Morgan fingerprint density at radius 2 is 1.68 bits per heavy atom. The van der Waals surface area contributed by atoms with E-state index in [-0.39, 0.29) is 11.6 Å². The largest absolute Gasteiger partial charge is 0.456 e. The van der Waals surface area contributed by atoms with Gasteiger partial charge in [-0.3, -0.25) is 0 Å². The third-order valence-corrected chi connectivity index (χ3v) is 5.10. The fourth-order valence-corrected chi connectivity index (χ4v) is 4.86. The molecule has 0 aromatic heterocycles. The summed E-state index contributed by atoms with van der Waals surface area (Å²) in [6.45, 7) is 3.39. The quantitative estimate of drug-likeness (QED) is 0.630. The van der Waals surface area contributed by atoms with Gasteiger partial charge in [0.1, 0.15) is 5.60 Å². The number of aliphatic hydroxyl groups is 1. The normalized spacial score (nSPS) is 42.3. The number of hydrogen-bond acceptors (Lipinski definition) is 3. The first-order valence-corrected chi connectivity index (χ1v) is 7.55. The van der Waals surface area contributed by atoms with Crippen molar-refractivity contribution in [2.45, 2.75) is 64.1 Å². The van der Waals surface area contributed by atoms with Crippen LogP contribution in [0.4, 0.5) is 0 Å². The summed E-state index contributed by atoms with van der Waals surface area (Å²) >= 11 is 0. The molecule has 3 nitrogen and oxygen atoms in total. The van der Waals surface area contributed by atoms with Crippen LogP contribution in [-0.4, -0.2) is 22.8 Å². The van der Waals surface area contributed by atoms with E-state index in [1.54, 1.807) is 19.9 Å². The molecule has 3 heteroatoms. The van der Waals surface area contributed by atoms with Gasteiger partial charge in [-0.1, -0.05) is 0 Å². The maximum Gasteiger partial charge on any atom is 0.334 e. The van der Waals surface area contributed by atoms with Gasteiger partial charge in [-0.2, -0.15) is 0 Å². The first-order chi connectivity index (χ1) is 8.96. The van der Waals surface area contributed by atoms with Crippen molar-refractivity contribution in [2.75, 3.05) is 0 Å². The van der Waals surface area contributed by atoms with Crippen LogP contribution >= 0.6 is 0 Å². The number of ether oxygens (including phenoxy) is 1. The molecule has 0 aliphatic heterocycles. The van der Waals surface area contributed by atoms with E-state index in [9.17, 15) is 9.90 Å². The second-order valence-corrected chi connectivity index (χ2v) is 7.08. The smallest absolute Gasteiger partial charge is 0.334 e. The molecular formula is C16H24O3. The Hall–Kier alpha value is -0.830. The first-order valence-electron chi connectivity index (χ1n) is 7.55. The fourth-order valence-electron chi connectivity index (χ4n) is 4.86. The lowest BCUT2D eigenvalue weighted by atomic mass is 9.54. The summed E-state index contributed by atoms with van der Waals surface area (Å²) in [6.07, 6.45) is 8.20. The van der Waals surface area contributed by atoms with Gasteiger partial charge in [-0.25, -0.2) is 4.79 Å². The lowest BCUT2D eigenvalue weighted by Crippen LogP contribution is -2.52. The van der Waals surface area contributed by atoms with Gasteiger partial charge in [0, 0.05) is 5.57 Å². The number of esters is 1. The number of aliphatic hydroxyl groups excluding tert-OH is 1. The Labute approximate surface area is 115 Å². The Morgan fingerprint density at radius 1 is 1.21 bits per heavy atom. The van der Waals surface area contributed by atoms with Gasteiger partial charge in [-0.15, -0.1) is 0 Å². The zero-order chi connectivity index (χ0) is 13.6. The summed E-state index contributed by atoms with van der Waals surface area (Å²) in [6, 6.07) is 0. The molecule has 106 valence electrons. The highest BCUT2D eigenvalue weighted by Crippen LogP contribution is 2.57. The zero-order valence-corrected chi connectivity index (χ0v) is 11.9. The molecule has 0 saturated heterocycles. The van der Waals surface area contributed by atoms with Crippen molar-refractivity contribution in [3.63, 3.8) is 0 Å². The minimum atomic E-state index is -0.594. The van der Waals surface area contributed by atoms with Crippen LogP contribution in [0.1, 0.15) is 52.4 Å². The minimum absolute atomic E-state index is 0.181. The number of rotatable bonds is 3. The molecule has 4 saturated carbocycles. The highest BCUT2D eigenvalue weighted by atomic mass is 16.6. The maximum atomic E-state index is 12.2. The van der Waals surface area contributed by atoms with Crippen LogP contribution in [0.5, 0.6) is 0 Å². The molecular weight excluding hydrogens is 240 g/mol. The molecule has 4 aliphatic rings. The fraction of sp³-hybridized carbons (Fsp3) is 0.812. The number of hydrogen-bond donors (Lipinski definition) is 1. The second-order valence-electron chi connectivity index (χ2n) is 7.08. The van der Waals surface area contributed by atoms with E-state index in [0.29, 0.717) is 5.57 Å². The topological polar surface area (TPSA) is 46.5 Å². The molecule has 0 aromatic rings. The summed E-state index contributed by atoms with van der Waals surface area (Å²) < 4.78 is 5.89. The Bertz CT molecular complexity index is 373. The van der Waals surface area contributed by atoms with E-state index < -0.39 is 6.10 Å². The molecule has 0 amide bonds. The van der Waals surface area contributed by atoms with Gasteiger partial charge in [0.05, 0.1) is 6.10 Å². The summed E-state index contributed by atoms with van der Waals surface area (Å²) in [5.41, 5.74) is 0.352. The molecule has 0 radical (unpaired) electrons. The van der Waals surface area contributed by atoms with E-state index in [4.69, 9.17) is 4.74 Å². The second kappa shape index (κ2) is 4.62. The molecule has 0 spiro atoms. The Balaban J connectivity index is 1.71. The molecule has 1 atom stereocenters. The summed E-state index contributed by atoms with van der Waals surface area (Å²) in [5, 5.41) is 9.32. The summed E-state index contributed by atoms with van der Waals surface area (Å²) in [5.74, 6) is 2.10. The van der Waals surface area contributed by atoms with Gasteiger partial charge in [0.25, 0.3) is 0 Å². The lowest BCUT2D eigenvalue weighted by Gasteiger charge is -2.55. The van der Waals surface area contributed by atoms with Crippen molar-refractivity contribution in [3.8, 4) is 0 Å². The van der Waals surface area contributed by atoms with Gasteiger partial charge >= 0.3 is 5.97 Å². The Kier molecular flexibility index (Phi) is 3.20. The molecule has 1 unspecified atom stereocenters. The lowest BCUT2D eigenvalue weighted by molar-refractivity contribution is -0.182. The van der Waals surface area contributed by atoms with Gasteiger partial charge in [-0.05, 0) is 76.2 Å². The van der Waals surface area contributed by atoms with Gasteiger partial charge < -0.3 is 9.84 Å². The molecule has 4 fully saturated rings. The van der Waals surface area contributed by atoms with Crippen molar-refractivity contribution in [3.05, 3.63) is 11.6 Å². The van der Waals surface area contributed by atoms with Crippen molar-refractivity contribution in [1.29, 1.82) is 0 Å². The van der Waals surface area contributed by atoms with Crippen LogP contribution in [0.2, 0.25) is 0 Å². The molecule has 19 heavy (non-hydrogen) atoms. The van der Waals surface area contributed by atoms with Crippen molar-refractivity contribution >= 4 is 5.97 Å². The standard InChI is InChI=1S/C16H24O3/c1-10(3-11(2)17)15(18)19-16-7-12-4-13(8-16)6-14(5-12)9-16/h3,11-14,17H,4-9H2,1-2H3. The van der Waals surface area contributed by atoms with Crippen LogP contribution < -0.4 is 0 Å². The first kappa shape index (κ1) is 13.2. The molecule has 4 bridgehead atoms. The van der Waals surface area contributed by atoms with E-state index in [2.05, 4.69) is 0 Å². The predicted octanol–water partition coefficient (Wildman–Crippen LogP) is 2.83. The molecule has 4 aliphatic carbocycles. The Morgan fingerprint density at radius 3 is 2.11 bits per heavy atom. The summed E-state index contributed by atoms with van der Waals surface area (Å²) in [4.78, 5) is 12.2. The van der Waals surface area contributed by atoms with E-state index in [1.165, 1.54) is 19.3 Å². The average Bonchev–Trinajstić information content (AvgIpc) is 2.24. The van der Waals surface area contributed by atoms with E-state index >= 15 is 0 Å². The summed E-state index contributed by atoms with van der Waals surface area (Å²) in [7, 11) is 0. The number of carbonyl (C=O) groups excluding carboxylic acids is 1. The number of carbonyl (C=O) groups is 1. The van der Waals surface area contributed by atoms with Crippen molar-refractivity contribution in [1.82, 2.24) is 0 Å². The monoisotopic (exact) mass is 264 g/mol. The van der Waals surface area contributed by atoms with E-state index in [0.717, 1.165) is 37.0 Å². The van der Waals surface area contributed by atoms with Crippen LogP contribution in [-0.2, 0) is 9.53 Å². The highest BCUT2D eigenvalue weighted by Gasteiger charge is 2.53. The average molecular weight is 264 g/mol. The van der Waals surface area contributed by atoms with Crippen molar-refractivity contribution < 1.29 is 14.6 Å². The van der Waals surface area contributed by atoms with Crippen LogP contribution in [0, 0.1) is 17.8 Å². The molecule has 0 heterocycles.